The third-order valence-corrected chi connectivity index (χ3v) is 3.70. The van der Waals surface area contributed by atoms with Gasteiger partial charge in [-0.1, -0.05) is 6.07 Å². The molecule has 0 aromatic heterocycles. The molecule has 0 bridgehead atoms. The van der Waals surface area contributed by atoms with E-state index >= 15 is 0 Å². The summed E-state index contributed by atoms with van der Waals surface area (Å²) in [7, 11) is 0. The van der Waals surface area contributed by atoms with Crippen LogP contribution in [0.15, 0.2) is 18.2 Å². The van der Waals surface area contributed by atoms with Crippen molar-refractivity contribution in [3.05, 3.63) is 35.1 Å². The summed E-state index contributed by atoms with van der Waals surface area (Å²) in [5.74, 6) is -1.27. The molecule has 1 aromatic carbocycles. The van der Waals surface area contributed by atoms with E-state index in [1.165, 1.54) is 4.90 Å². The maximum Gasteiger partial charge on any atom is 0.416 e. The molecule has 1 aromatic rings. The zero-order chi connectivity index (χ0) is 17.3. The highest BCUT2D eigenvalue weighted by Crippen LogP contribution is 2.37. The van der Waals surface area contributed by atoms with Gasteiger partial charge in [0.15, 0.2) is 0 Å². The van der Waals surface area contributed by atoms with Crippen molar-refractivity contribution in [2.24, 2.45) is 0 Å². The van der Waals surface area contributed by atoms with Crippen LogP contribution in [0.25, 0.3) is 0 Å². The number of halogens is 8. The van der Waals surface area contributed by atoms with E-state index in [9.17, 15) is 30.7 Å². The quantitative estimate of drug-likeness (QED) is 0.792. The normalized spacial score (nSPS) is 18.1. The van der Waals surface area contributed by atoms with Crippen molar-refractivity contribution in [3.8, 4) is 0 Å². The number of alkyl halides is 6. The van der Waals surface area contributed by atoms with E-state index in [-0.39, 0.29) is 37.1 Å². The molecule has 0 radical (unpaired) electrons. The monoisotopic (exact) mass is 380 g/mol. The second kappa shape index (κ2) is 7.88. The average molecular weight is 381 g/mol. The van der Waals surface area contributed by atoms with Crippen LogP contribution < -0.4 is 5.32 Å². The zero-order valence-electron chi connectivity index (χ0n) is 12.3. The van der Waals surface area contributed by atoms with Crippen LogP contribution in [0.5, 0.6) is 0 Å². The van der Waals surface area contributed by atoms with Crippen LogP contribution in [0.3, 0.4) is 0 Å². The van der Waals surface area contributed by atoms with E-state index in [2.05, 4.69) is 5.32 Å². The molecule has 1 fully saturated rings. The van der Waals surface area contributed by atoms with Gasteiger partial charge in [-0.2, -0.15) is 26.3 Å². The number of hydrogen-bond acceptors (Lipinski definition) is 2. The molecular weight excluding hydrogens is 365 g/mol. The van der Waals surface area contributed by atoms with Crippen molar-refractivity contribution < 1.29 is 30.7 Å². The first-order valence-corrected chi connectivity index (χ1v) is 6.96. The Morgan fingerprint density at radius 1 is 1.04 bits per heavy atom. The van der Waals surface area contributed by atoms with Gasteiger partial charge < -0.3 is 5.32 Å². The molecule has 1 heterocycles. The molecule has 1 N–H and O–H groups in total. The highest BCUT2D eigenvalue weighted by atomic mass is 35.5. The molecule has 1 aliphatic rings. The summed E-state index contributed by atoms with van der Waals surface area (Å²) in [4.78, 5) is 1.44. The Kier molecular flexibility index (Phi) is 6.89. The van der Waals surface area contributed by atoms with Crippen LogP contribution in [-0.4, -0.2) is 37.3 Å². The Balaban J connectivity index is 0.00000288. The number of piperazine rings is 1. The largest absolute Gasteiger partial charge is 0.416 e. The maximum atomic E-state index is 14.1. The zero-order valence-corrected chi connectivity index (χ0v) is 13.2. The summed E-state index contributed by atoms with van der Waals surface area (Å²) in [6.45, 7) is 1.41. The number of benzene rings is 1. The minimum atomic E-state index is -4.74. The van der Waals surface area contributed by atoms with Gasteiger partial charge in [0.2, 0.25) is 0 Å². The first-order chi connectivity index (χ1) is 10.6. The third kappa shape index (κ3) is 5.49. The van der Waals surface area contributed by atoms with E-state index in [1.54, 1.807) is 0 Å². The summed E-state index contributed by atoms with van der Waals surface area (Å²) in [6.07, 6.45) is -10.6. The van der Waals surface area contributed by atoms with Gasteiger partial charge in [-0.3, -0.25) is 4.90 Å². The number of rotatable bonds is 3. The van der Waals surface area contributed by atoms with Gasteiger partial charge in [-0.25, -0.2) is 4.39 Å². The smallest absolute Gasteiger partial charge is 0.314 e. The standard InChI is InChI=1S/C14H15F7N2.ClH/c15-11-7-9(14(19,20)21)1-2-10(11)12(8-13(16,17)18)23-5-3-22-4-6-23;/h1-2,7,12,22H,3-6,8H2;1H/t12-;/m1./s1. The highest BCUT2D eigenvalue weighted by molar-refractivity contribution is 5.85. The lowest BCUT2D eigenvalue weighted by molar-refractivity contribution is -0.149. The minimum absolute atomic E-state index is 0. The summed E-state index contributed by atoms with van der Waals surface area (Å²) in [6, 6.07) is 0.334. The van der Waals surface area contributed by atoms with Gasteiger partial charge in [-0.05, 0) is 12.1 Å². The predicted octanol–water partition coefficient (Wildman–Crippen LogP) is 4.17. The molecule has 0 amide bonds. The van der Waals surface area contributed by atoms with Crippen LogP contribution in [-0.2, 0) is 6.18 Å². The second-order valence-corrected chi connectivity index (χ2v) is 5.36. The Morgan fingerprint density at radius 2 is 1.62 bits per heavy atom. The molecule has 2 nitrogen and oxygen atoms in total. The number of hydrogen-bond donors (Lipinski definition) is 1. The van der Waals surface area contributed by atoms with Gasteiger partial charge in [-0.15, -0.1) is 12.4 Å². The molecule has 24 heavy (non-hydrogen) atoms. The molecule has 0 aliphatic carbocycles. The van der Waals surface area contributed by atoms with Crippen LogP contribution in [0.2, 0.25) is 0 Å². The lowest BCUT2D eigenvalue weighted by atomic mass is 9.98. The predicted molar refractivity (Wildman–Crippen MR) is 76.5 cm³/mol. The topological polar surface area (TPSA) is 15.3 Å². The van der Waals surface area contributed by atoms with E-state index in [0.717, 1.165) is 6.07 Å². The van der Waals surface area contributed by atoms with Gasteiger partial charge >= 0.3 is 12.4 Å². The fourth-order valence-corrected chi connectivity index (χ4v) is 2.62. The van der Waals surface area contributed by atoms with Crippen molar-refractivity contribution in [1.29, 1.82) is 0 Å². The Labute approximate surface area is 140 Å². The van der Waals surface area contributed by atoms with Crippen molar-refractivity contribution in [2.75, 3.05) is 26.2 Å². The number of nitrogens with one attached hydrogen (secondary N) is 1. The Bertz CT molecular complexity index is 539. The highest BCUT2D eigenvalue weighted by Gasteiger charge is 2.38. The van der Waals surface area contributed by atoms with E-state index in [0.29, 0.717) is 19.2 Å². The first-order valence-electron chi connectivity index (χ1n) is 6.96. The summed E-state index contributed by atoms with van der Waals surface area (Å²) in [5, 5.41) is 2.96. The molecule has 1 atom stereocenters. The van der Waals surface area contributed by atoms with Crippen LogP contribution in [0.4, 0.5) is 30.7 Å². The van der Waals surface area contributed by atoms with Gasteiger partial charge in [0.25, 0.3) is 0 Å². The first kappa shape index (κ1) is 21.0. The Hall–Kier alpha value is -1.06. The fraction of sp³-hybridized carbons (Fsp3) is 0.571. The van der Waals surface area contributed by atoms with Gasteiger partial charge in [0, 0.05) is 37.8 Å². The Morgan fingerprint density at radius 3 is 2.08 bits per heavy atom. The van der Waals surface area contributed by atoms with Crippen molar-refractivity contribution in [2.45, 2.75) is 24.8 Å². The van der Waals surface area contributed by atoms with E-state index in [1.807, 2.05) is 0 Å². The molecular formula is C14H16ClF7N2. The lowest BCUT2D eigenvalue weighted by Gasteiger charge is -2.35. The van der Waals surface area contributed by atoms with Crippen molar-refractivity contribution >= 4 is 12.4 Å². The van der Waals surface area contributed by atoms with Crippen LogP contribution >= 0.6 is 12.4 Å². The number of nitrogens with zero attached hydrogens (tertiary/aromatic N) is 1. The molecule has 0 unspecified atom stereocenters. The van der Waals surface area contributed by atoms with E-state index < -0.39 is 36.2 Å². The minimum Gasteiger partial charge on any atom is -0.314 e. The molecule has 138 valence electrons. The molecule has 0 spiro atoms. The summed E-state index contributed by atoms with van der Waals surface area (Å²) in [5.41, 5.74) is -1.58. The molecule has 1 saturated heterocycles. The maximum absolute atomic E-state index is 14.1. The molecule has 0 saturated carbocycles. The average Bonchev–Trinajstić information content (AvgIpc) is 2.44. The molecule has 2 rings (SSSR count). The van der Waals surface area contributed by atoms with Gasteiger partial charge in [0.1, 0.15) is 5.82 Å². The van der Waals surface area contributed by atoms with Gasteiger partial charge in [0.05, 0.1) is 12.0 Å². The SMILES string of the molecule is Cl.Fc1cc(C(F)(F)F)ccc1[C@@H](CC(F)(F)F)N1CCNCC1. The third-order valence-electron chi connectivity index (χ3n) is 3.70. The fourth-order valence-electron chi connectivity index (χ4n) is 2.62. The lowest BCUT2D eigenvalue weighted by Crippen LogP contribution is -2.46. The molecule has 1 aliphatic heterocycles. The van der Waals surface area contributed by atoms with Crippen molar-refractivity contribution in [1.82, 2.24) is 10.2 Å². The molecule has 10 heteroatoms. The summed E-state index contributed by atoms with van der Waals surface area (Å²) < 4.78 is 90.1. The van der Waals surface area contributed by atoms with Crippen LogP contribution in [0.1, 0.15) is 23.6 Å². The van der Waals surface area contributed by atoms with Crippen LogP contribution in [0, 0.1) is 5.82 Å². The van der Waals surface area contributed by atoms with E-state index in [4.69, 9.17) is 0 Å². The van der Waals surface area contributed by atoms with Crippen molar-refractivity contribution in [3.63, 3.8) is 0 Å². The second-order valence-electron chi connectivity index (χ2n) is 5.36. The summed E-state index contributed by atoms with van der Waals surface area (Å²) >= 11 is 0.